The lowest BCUT2D eigenvalue weighted by atomic mass is 9.76. The van der Waals surface area contributed by atoms with E-state index in [0.717, 1.165) is 15.7 Å². The van der Waals surface area contributed by atoms with E-state index >= 15 is 0 Å². The molecule has 1 aromatic rings. The van der Waals surface area contributed by atoms with Crippen LogP contribution in [0.5, 0.6) is 0 Å². The molecule has 154 valence electrons. The Kier molecular flexibility index (Phi) is 9.87. The summed E-state index contributed by atoms with van der Waals surface area (Å²) < 4.78 is 11.9. The number of nitrogens with zero attached hydrogens (tertiary/aromatic N) is 1. The number of rotatable bonds is 10. The fourth-order valence-electron chi connectivity index (χ4n) is 3.22. The summed E-state index contributed by atoms with van der Waals surface area (Å²) in [6.07, 6.45) is 0. The molecule has 0 saturated carbocycles. The average molecular weight is 522 g/mol. The molecule has 0 saturated heterocycles. The average Bonchev–Trinajstić information content (AvgIpc) is 2.67. The van der Waals surface area contributed by atoms with E-state index < -0.39 is 5.97 Å². The van der Waals surface area contributed by atoms with Crippen LogP contribution in [-0.4, -0.2) is 49.6 Å². The maximum Gasteiger partial charge on any atom is 0.336 e. The Labute approximate surface area is 184 Å². The maximum absolute atomic E-state index is 12.9. The Morgan fingerprint density at radius 3 is 2.71 bits per heavy atom. The van der Waals surface area contributed by atoms with Crippen molar-refractivity contribution in [2.75, 3.05) is 38.0 Å². The normalized spacial score (nSPS) is 19.5. The Hall–Kier alpha value is -1.00. The number of carbonyl (C=O) groups is 1. The third-order valence-electron chi connectivity index (χ3n) is 4.43. The first-order valence-electron chi connectivity index (χ1n) is 9.04. The minimum Gasteiger partial charge on any atom is -0.463 e. The fourth-order valence-corrected chi connectivity index (χ4v) is 3.79. The van der Waals surface area contributed by atoms with E-state index in [4.69, 9.17) is 30.8 Å². The first kappa shape index (κ1) is 23.3. The van der Waals surface area contributed by atoms with Crippen molar-refractivity contribution in [3.8, 4) is 0 Å². The van der Waals surface area contributed by atoms with Gasteiger partial charge in [0.05, 0.1) is 44.8 Å². The van der Waals surface area contributed by atoms with Gasteiger partial charge in [0.15, 0.2) is 0 Å². The van der Waals surface area contributed by atoms with Crippen molar-refractivity contribution in [1.82, 2.24) is 0 Å². The van der Waals surface area contributed by atoms with Crippen molar-refractivity contribution in [2.24, 2.45) is 10.9 Å². The summed E-state index contributed by atoms with van der Waals surface area (Å²) in [5.41, 5.74) is 2.67. The number of ether oxygens (including phenoxy) is 2. The van der Waals surface area contributed by atoms with Gasteiger partial charge in [-0.15, -0.1) is 0 Å². The second-order valence-corrected chi connectivity index (χ2v) is 7.62. The van der Waals surface area contributed by atoms with Crippen LogP contribution in [-0.2, 0) is 24.0 Å². The smallest absolute Gasteiger partial charge is 0.336 e. The largest absolute Gasteiger partial charge is 0.463 e. The molecule has 2 rings (SSSR count). The Balaban J connectivity index is 2.58. The number of hydrogen-bond acceptors (Lipinski definition) is 6. The van der Waals surface area contributed by atoms with Crippen LogP contribution in [0.1, 0.15) is 25.3 Å². The molecule has 28 heavy (non-hydrogen) atoms. The number of alkyl halides is 1. The zero-order valence-electron chi connectivity index (χ0n) is 16.2. The molecule has 0 spiro atoms. The zero-order chi connectivity index (χ0) is 20.5. The van der Waals surface area contributed by atoms with Gasteiger partial charge in [0.25, 0.3) is 0 Å². The number of benzene rings is 1. The highest BCUT2D eigenvalue weighted by atomic mass is 127. The van der Waals surface area contributed by atoms with Crippen LogP contribution >= 0.6 is 34.2 Å². The van der Waals surface area contributed by atoms with E-state index in [9.17, 15) is 4.79 Å². The molecule has 0 aromatic heterocycles. The second-order valence-electron chi connectivity index (χ2n) is 6.13. The van der Waals surface area contributed by atoms with Gasteiger partial charge in [-0.05, 0) is 25.5 Å². The fraction of sp³-hybridized carbons (Fsp3) is 0.500. The van der Waals surface area contributed by atoms with Gasteiger partial charge in [0.1, 0.15) is 0 Å². The molecule has 1 heterocycles. The van der Waals surface area contributed by atoms with E-state index in [-0.39, 0.29) is 31.7 Å². The van der Waals surface area contributed by atoms with Gasteiger partial charge in [0.2, 0.25) is 0 Å². The van der Waals surface area contributed by atoms with Gasteiger partial charge in [-0.1, -0.05) is 52.4 Å². The summed E-state index contributed by atoms with van der Waals surface area (Å²) in [6.45, 7) is 4.98. The van der Waals surface area contributed by atoms with Crippen molar-refractivity contribution < 1.29 is 24.0 Å². The molecule has 0 bridgehead atoms. The summed E-state index contributed by atoms with van der Waals surface area (Å²) in [7, 11) is 1.45. The van der Waals surface area contributed by atoms with Crippen LogP contribution in [0.15, 0.2) is 40.5 Å². The van der Waals surface area contributed by atoms with Crippen LogP contribution in [0.3, 0.4) is 0 Å². The van der Waals surface area contributed by atoms with Crippen LogP contribution in [0.25, 0.3) is 0 Å². The highest BCUT2D eigenvalue weighted by Crippen LogP contribution is 2.42. The van der Waals surface area contributed by atoms with Crippen molar-refractivity contribution in [1.29, 1.82) is 0 Å². The lowest BCUT2D eigenvalue weighted by Gasteiger charge is -2.33. The molecule has 2 unspecified atom stereocenters. The van der Waals surface area contributed by atoms with Gasteiger partial charge >= 0.3 is 5.97 Å². The Morgan fingerprint density at radius 2 is 2.07 bits per heavy atom. The van der Waals surface area contributed by atoms with Gasteiger partial charge in [-0.2, -0.15) is 0 Å². The van der Waals surface area contributed by atoms with E-state index in [1.807, 2.05) is 25.1 Å². The van der Waals surface area contributed by atoms with Gasteiger partial charge in [-0.25, -0.2) is 14.6 Å². The monoisotopic (exact) mass is 521 g/mol. The summed E-state index contributed by atoms with van der Waals surface area (Å²) in [4.78, 5) is 27.6. The number of esters is 1. The molecule has 8 heteroatoms. The number of aliphatic imine (C=N–C) groups is 1. The van der Waals surface area contributed by atoms with Crippen molar-refractivity contribution in [2.45, 2.75) is 19.8 Å². The van der Waals surface area contributed by atoms with Gasteiger partial charge < -0.3 is 9.47 Å². The topological polar surface area (TPSA) is 66.4 Å². The Bertz CT molecular complexity index is 737. The highest BCUT2D eigenvalue weighted by molar-refractivity contribution is 14.1. The first-order valence-corrected chi connectivity index (χ1v) is 10.9. The van der Waals surface area contributed by atoms with E-state index in [0.29, 0.717) is 22.9 Å². The molecule has 1 aliphatic rings. The summed E-state index contributed by atoms with van der Waals surface area (Å²) in [5.74, 6) is -1.02. The predicted molar refractivity (Wildman–Crippen MR) is 117 cm³/mol. The van der Waals surface area contributed by atoms with Crippen LogP contribution in [0.4, 0.5) is 0 Å². The molecular formula is C20H25ClINO5. The number of hydrogen-bond donors (Lipinski definition) is 0. The van der Waals surface area contributed by atoms with Gasteiger partial charge in [0, 0.05) is 27.0 Å². The molecule has 0 N–H and O–H groups in total. The molecular weight excluding hydrogens is 497 g/mol. The predicted octanol–water partition coefficient (Wildman–Crippen LogP) is 4.36. The molecule has 6 nitrogen and oxygen atoms in total. The molecule has 0 aliphatic carbocycles. The molecule has 2 atom stereocenters. The molecule has 1 aliphatic heterocycles. The van der Waals surface area contributed by atoms with Crippen molar-refractivity contribution in [3.63, 3.8) is 0 Å². The van der Waals surface area contributed by atoms with E-state index in [2.05, 4.69) is 27.6 Å². The van der Waals surface area contributed by atoms with Crippen LogP contribution in [0.2, 0.25) is 5.02 Å². The lowest BCUT2D eigenvalue weighted by Crippen LogP contribution is -2.34. The third-order valence-corrected chi connectivity index (χ3v) is 5.22. The molecule has 0 fully saturated rings. The lowest BCUT2D eigenvalue weighted by molar-refractivity contribution is -0.277. The summed E-state index contributed by atoms with van der Waals surface area (Å²) in [5, 5.41) is 0.568. The quantitative estimate of drug-likeness (QED) is 0.114. The minimum atomic E-state index is -0.417. The van der Waals surface area contributed by atoms with E-state index in [1.54, 1.807) is 13.0 Å². The van der Waals surface area contributed by atoms with Crippen LogP contribution < -0.4 is 0 Å². The third kappa shape index (κ3) is 5.76. The van der Waals surface area contributed by atoms with E-state index in [1.165, 1.54) is 7.11 Å². The Morgan fingerprint density at radius 1 is 1.32 bits per heavy atom. The number of carbonyl (C=O) groups excluding carboxylic acids is 1. The van der Waals surface area contributed by atoms with Crippen LogP contribution in [0, 0.1) is 5.92 Å². The first-order chi connectivity index (χ1) is 13.5. The maximum atomic E-state index is 12.9. The molecule has 1 aromatic carbocycles. The standard InChI is InChI=1S/C20H25ClINO5/c1-4-27-20(24)19-17(12-26-10-9-22)23-13(2)15(11-28-25-3)18(19)14-7-5-6-8-16(14)21/h5-8,15,18H,4,9-12H2,1-3H3. The van der Waals surface area contributed by atoms with Gasteiger partial charge in [-0.3, -0.25) is 4.99 Å². The molecule has 0 radical (unpaired) electrons. The van der Waals surface area contributed by atoms with Crippen molar-refractivity contribution in [3.05, 3.63) is 46.1 Å². The minimum absolute atomic E-state index is 0.229. The second kappa shape index (κ2) is 11.9. The molecule has 0 amide bonds. The zero-order valence-corrected chi connectivity index (χ0v) is 19.2. The SMILES string of the molecule is CCOC(=O)C1=C(COCCI)N=C(C)C(COOC)C1c1ccccc1Cl. The van der Waals surface area contributed by atoms with Crippen molar-refractivity contribution >= 4 is 45.9 Å². The summed E-state index contributed by atoms with van der Waals surface area (Å²) in [6, 6.07) is 7.47. The highest BCUT2D eigenvalue weighted by Gasteiger charge is 2.39. The summed E-state index contributed by atoms with van der Waals surface area (Å²) >= 11 is 8.74. The number of halogens is 2.